The van der Waals surface area contributed by atoms with E-state index in [9.17, 15) is 10.1 Å². The second-order valence-electron chi connectivity index (χ2n) is 2.75. The van der Waals surface area contributed by atoms with Gasteiger partial charge in [-0.05, 0) is 18.6 Å². The molecular formula is C8H9BrN2O2. The lowest BCUT2D eigenvalue weighted by Crippen LogP contribution is -2.06. The predicted molar refractivity (Wildman–Crippen MR) is 53.4 cm³/mol. The van der Waals surface area contributed by atoms with Crippen molar-refractivity contribution in [3.05, 3.63) is 38.3 Å². The molecule has 2 N–H and O–H groups in total. The third kappa shape index (κ3) is 2.26. The summed E-state index contributed by atoms with van der Waals surface area (Å²) in [5.74, 6) is 0. The van der Waals surface area contributed by atoms with Crippen LogP contribution in [0.15, 0.2) is 22.7 Å². The first-order valence-corrected chi connectivity index (χ1v) is 4.51. The molecular weight excluding hydrogens is 236 g/mol. The van der Waals surface area contributed by atoms with Crippen molar-refractivity contribution in [3.63, 3.8) is 0 Å². The first kappa shape index (κ1) is 10.1. The molecule has 1 aromatic carbocycles. The Bertz CT molecular complexity index is 339. The lowest BCUT2D eigenvalue weighted by atomic mass is 10.1. The van der Waals surface area contributed by atoms with Gasteiger partial charge in [0.05, 0.1) is 4.92 Å². The summed E-state index contributed by atoms with van der Waals surface area (Å²) in [4.78, 5) is 10.0. The summed E-state index contributed by atoms with van der Waals surface area (Å²) in [5, 5.41) is 10.4. The standard InChI is InChI=1S/C8H9BrN2O2/c1-5(10)7-4-6(11(12)13)2-3-8(7)9/h2-5H,10H2,1H3. The molecule has 0 aliphatic heterocycles. The fourth-order valence-corrected chi connectivity index (χ4v) is 1.60. The number of nitro groups is 1. The summed E-state index contributed by atoms with van der Waals surface area (Å²) in [7, 11) is 0. The minimum atomic E-state index is -0.432. The van der Waals surface area contributed by atoms with E-state index in [-0.39, 0.29) is 11.7 Å². The second kappa shape index (κ2) is 3.85. The number of non-ortho nitro benzene ring substituents is 1. The molecule has 13 heavy (non-hydrogen) atoms. The second-order valence-corrected chi connectivity index (χ2v) is 3.61. The van der Waals surface area contributed by atoms with Crippen molar-refractivity contribution < 1.29 is 4.92 Å². The monoisotopic (exact) mass is 244 g/mol. The van der Waals surface area contributed by atoms with Crippen molar-refractivity contribution >= 4 is 21.6 Å². The Balaban J connectivity index is 3.19. The van der Waals surface area contributed by atoms with Gasteiger partial charge in [0, 0.05) is 22.6 Å². The SMILES string of the molecule is CC(N)c1cc([N+](=O)[O-])ccc1Br. The molecule has 70 valence electrons. The first-order valence-electron chi connectivity index (χ1n) is 3.72. The topological polar surface area (TPSA) is 69.2 Å². The molecule has 1 atom stereocenters. The van der Waals surface area contributed by atoms with Crippen LogP contribution in [0.1, 0.15) is 18.5 Å². The summed E-state index contributed by atoms with van der Waals surface area (Å²) in [5.41, 5.74) is 6.44. The molecule has 0 aliphatic carbocycles. The van der Waals surface area contributed by atoms with Crippen LogP contribution in [0, 0.1) is 10.1 Å². The van der Waals surface area contributed by atoms with Gasteiger partial charge in [-0.3, -0.25) is 10.1 Å². The summed E-state index contributed by atoms with van der Waals surface area (Å²) in [6, 6.07) is 4.34. The van der Waals surface area contributed by atoms with Gasteiger partial charge in [0.15, 0.2) is 0 Å². The molecule has 0 saturated heterocycles. The summed E-state index contributed by atoms with van der Waals surface area (Å²) < 4.78 is 0.799. The number of rotatable bonds is 2. The highest BCUT2D eigenvalue weighted by Gasteiger charge is 2.11. The van der Waals surface area contributed by atoms with Gasteiger partial charge in [0.25, 0.3) is 5.69 Å². The van der Waals surface area contributed by atoms with Crippen LogP contribution in [0.3, 0.4) is 0 Å². The van der Waals surface area contributed by atoms with E-state index in [4.69, 9.17) is 5.73 Å². The maximum absolute atomic E-state index is 10.4. The zero-order chi connectivity index (χ0) is 10.0. The number of halogens is 1. The highest BCUT2D eigenvalue weighted by Crippen LogP contribution is 2.26. The average molecular weight is 245 g/mol. The van der Waals surface area contributed by atoms with Gasteiger partial charge in [0.2, 0.25) is 0 Å². The van der Waals surface area contributed by atoms with E-state index in [2.05, 4.69) is 15.9 Å². The molecule has 0 aliphatic rings. The predicted octanol–water partition coefficient (Wildman–Crippen LogP) is 2.38. The zero-order valence-corrected chi connectivity index (χ0v) is 8.61. The van der Waals surface area contributed by atoms with Crippen molar-refractivity contribution in [2.75, 3.05) is 0 Å². The number of hydrogen-bond acceptors (Lipinski definition) is 3. The van der Waals surface area contributed by atoms with Crippen LogP contribution in [-0.4, -0.2) is 4.92 Å². The molecule has 0 fully saturated rings. The van der Waals surface area contributed by atoms with Crippen LogP contribution >= 0.6 is 15.9 Å². The minimum absolute atomic E-state index is 0.0653. The Kier molecular flexibility index (Phi) is 3.00. The number of nitrogens with zero attached hydrogens (tertiary/aromatic N) is 1. The minimum Gasteiger partial charge on any atom is -0.324 e. The lowest BCUT2D eigenvalue weighted by molar-refractivity contribution is -0.384. The summed E-state index contributed by atoms with van der Waals surface area (Å²) in [6.45, 7) is 1.78. The van der Waals surface area contributed by atoms with E-state index in [1.807, 2.05) is 0 Å². The lowest BCUT2D eigenvalue weighted by Gasteiger charge is -2.07. The Morgan fingerprint density at radius 1 is 1.62 bits per heavy atom. The molecule has 1 aromatic rings. The van der Waals surface area contributed by atoms with E-state index in [1.54, 1.807) is 13.0 Å². The number of nitrogens with two attached hydrogens (primary N) is 1. The molecule has 0 saturated carbocycles. The summed E-state index contributed by atoms with van der Waals surface area (Å²) >= 11 is 3.28. The highest BCUT2D eigenvalue weighted by atomic mass is 79.9. The zero-order valence-electron chi connectivity index (χ0n) is 7.03. The Hall–Kier alpha value is -0.940. The van der Waals surface area contributed by atoms with E-state index in [0.29, 0.717) is 0 Å². The van der Waals surface area contributed by atoms with E-state index >= 15 is 0 Å². The van der Waals surface area contributed by atoms with Crippen molar-refractivity contribution in [2.24, 2.45) is 5.73 Å². The van der Waals surface area contributed by atoms with Crippen molar-refractivity contribution in [3.8, 4) is 0 Å². The highest BCUT2D eigenvalue weighted by molar-refractivity contribution is 9.10. The quantitative estimate of drug-likeness (QED) is 0.642. The van der Waals surface area contributed by atoms with E-state index in [1.165, 1.54) is 12.1 Å². The number of nitro benzene ring substituents is 1. The molecule has 0 aromatic heterocycles. The Labute approximate surface area is 84.0 Å². The normalized spacial score (nSPS) is 12.5. The van der Waals surface area contributed by atoms with Gasteiger partial charge in [0.1, 0.15) is 0 Å². The Morgan fingerprint density at radius 3 is 2.69 bits per heavy atom. The van der Waals surface area contributed by atoms with Gasteiger partial charge < -0.3 is 5.73 Å². The molecule has 0 bridgehead atoms. The maximum atomic E-state index is 10.4. The molecule has 0 heterocycles. The van der Waals surface area contributed by atoms with E-state index in [0.717, 1.165) is 10.0 Å². The van der Waals surface area contributed by atoms with Gasteiger partial charge in [-0.2, -0.15) is 0 Å². The molecule has 5 heteroatoms. The third-order valence-corrected chi connectivity index (χ3v) is 2.40. The van der Waals surface area contributed by atoms with Crippen LogP contribution in [0.5, 0.6) is 0 Å². The summed E-state index contributed by atoms with van der Waals surface area (Å²) in [6.07, 6.45) is 0. The number of benzene rings is 1. The Morgan fingerprint density at radius 2 is 2.23 bits per heavy atom. The van der Waals surface area contributed by atoms with Crippen molar-refractivity contribution in [1.82, 2.24) is 0 Å². The average Bonchev–Trinajstić information content (AvgIpc) is 2.04. The van der Waals surface area contributed by atoms with Gasteiger partial charge >= 0.3 is 0 Å². The molecule has 4 nitrogen and oxygen atoms in total. The molecule has 0 radical (unpaired) electrons. The van der Waals surface area contributed by atoms with Crippen LogP contribution in [0.2, 0.25) is 0 Å². The molecule has 1 unspecified atom stereocenters. The maximum Gasteiger partial charge on any atom is 0.269 e. The van der Waals surface area contributed by atoms with Gasteiger partial charge in [-0.1, -0.05) is 15.9 Å². The fraction of sp³-hybridized carbons (Fsp3) is 0.250. The number of hydrogen-bond donors (Lipinski definition) is 1. The molecule has 0 spiro atoms. The third-order valence-electron chi connectivity index (χ3n) is 1.68. The van der Waals surface area contributed by atoms with Gasteiger partial charge in [-0.25, -0.2) is 0 Å². The van der Waals surface area contributed by atoms with Crippen LogP contribution in [0.4, 0.5) is 5.69 Å². The van der Waals surface area contributed by atoms with Crippen molar-refractivity contribution in [1.29, 1.82) is 0 Å². The smallest absolute Gasteiger partial charge is 0.269 e. The van der Waals surface area contributed by atoms with E-state index < -0.39 is 4.92 Å². The largest absolute Gasteiger partial charge is 0.324 e. The van der Waals surface area contributed by atoms with Gasteiger partial charge in [-0.15, -0.1) is 0 Å². The van der Waals surface area contributed by atoms with Crippen LogP contribution < -0.4 is 5.73 Å². The van der Waals surface area contributed by atoms with Crippen LogP contribution in [0.25, 0.3) is 0 Å². The van der Waals surface area contributed by atoms with Crippen LogP contribution in [-0.2, 0) is 0 Å². The molecule has 0 amide bonds. The molecule has 1 rings (SSSR count). The van der Waals surface area contributed by atoms with Crippen molar-refractivity contribution in [2.45, 2.75) is 13.0 Å². The first-order chi connectivity index (χ1) is 6.02. The fourth-order valence-electron chi connectivity index (χ4n) is 0.994.